The van der Waals surface area contributed by atoms with Gasteiger partial charge in [0.05, 0.1) is 0 Å². The number of hydrogen-bond donors (Lipinski definition) is 1. The molecular formula is C5H12Br2N2O. The Balaban J connectivity index is 0. The van der Waals surface area contributed by atoms with E-state index in [0.29, 0.717) is 0 Å². The van der Waals surface area contributed by atoms with Gasteiger partial charge in [-0.25, -0.2) is 4.79 Å². The first kappa shape index (κ1) is 12.9. The van der Waals surface area contributed by atoms with Crippen molar-refractivity contribution in [2.24, 2.45) is 5.73 Å². The van der Waals surface area contributed by atoms with Gasteiger partial charge in [0.15, 0.2) is 0 Å². The van der Waals surface area contributed by atoms with E-state index in [0.717, 1.165) is 25.9 Å². The lowest BCUT2D eigenvalue weighted by Gasteiger charge is -2.09. The number of primary amides is 1. The fourth-order valence-electron chi connectivity index (χ4n) is 0.938. The largest absolute Gasteiger partial charge is 0.351 e. The van der Waals surface area contributed by atoms with Gasteiger partial charge in [0.2, 0.25) is 0 Å². The topological polar surface area (TPSA) is 46.3 Å². The van der Waals surface area contributed by atoms with Crippen molar-refractivity contribution < 1.29 is 4.79 Å². The van der Waals surface area contributed by atoms with E-state index in [9.17, 15) is 4.79 Å². The van der Waals surface area contributed by atoms with Crippen LogP contribution in [0.5, 0.6) is 0 Å². The molecule has 1 saturated heterocycles. The molecule has 62 valence electrons. The van der Waals surface area contributed by atoms with Crippen molar-refractivity contribution in [2.45, 2.75) is 12.8 Å². The molecule has 0 spiro atoms. The van der Waals surface area contributed by atoms with Crippen LogP contribution in [0.4, 0.5) is 4.79 Å². The zero-order valence-corrected chi connectivity index (χ0v) is 9.00. The van der Waals surface area contributed by atoms with Crippen LogP contribution in [0.1, 0.15) is 12.8 Å². The van der Waals surface area contributed by atoms with E-state index in [1.807, 2.05) is 0 Å². The number of rotatable bonds is 0. The van der Waals surface area contributed by atoms with Gasteiger partial charge in [-0.05, 0) is 12.8 Å². The van der Waals surface area contributed by atoms with E-state index < -0.39 is 0 Å². The molecular weight excluding hydrogens is 264 g/mol. The van der Waals surface area contributed by atoms with E-state index in [1.54, 1.807) is 4.90 Å². The summed E-state index contributed by atoms with van der Waals surface area (Å²) >= 11 is 0. The van der Waals surface area contributed by atoms with Gasteiger partial charge in [-0.2, -0.15) is 0 Å². The number of halogens is 2. The van der Waals surface area contributed by atoms with Gasteiger partial charge in [-0.1, -0.05) is 0 Å². The first-order chi connectivity index (χ1) is 3.80. The maximum absolute atomic E-state index is 10.3. The molecule has 0 saturated carbocycles. The van der Waals surface area contributed by atoms with Gasteiger partial charge in [-0.3, -0.25) is 0 Å². The average Bonchev–Trinajstić information content (AvgIpc) is 2.12. The summed E-state index contributed by atoms with van der Waals surface area (Å²) in [5.74, 6) is 0. The Morgan fingerprint density at radius 1 is 1.20 bits per heavy atom. The second-order valence-corrected chi connectivity index (χ2v) is 2.03. The number of hydrogen-bond acceptors (Lipinski definition) is 1. The van der Waals surface area contributed by atoms with Crippen molar-refractivity contribution in [2.75, 3.05) is 13.1 Å². The number of nitrogens with two attached hydrogens (primary N) is 1. The molecule has 2 amide bonds. The van der Waals surface area contributed by atoms with Crippen molar-refractivity contribution in [3.8, 4) is 0 Å². The van der Waals surface area contributed by atoms with Gasteiger partial charge in [-0.15, -0.1) is 34.0 Å². The van der Waals surface area contributed by atoms with Gasteiger partial charge in [0.25, 0.3) is 0 Å². The van der Waals surface area contributed by atoms with Crippen molar-refractivity contribution >= 4 is 40.0 Å². The van der Waals surface area contributed by atoms with Gasteiger partial charge in [0, 0.05) is 13.1 Å². The van der Waals surface area contributed by atoms with E-state index >= 15 is 0 Å². The summed E-state index contributed by atoms with van der Waals surface area (Å²) in [5, 5.41) is 0. The lowest BCUT2D eigenvalue weighted by molar-refractivity contribution is 0.218. The minimum atomic E-state index is -0.275. The lowest BCUT2D eigenvalue weighted by atomic mass is 10.4. The third-order valence-corrected chi connectivity index (χ3v) is 1.42. The van der Waals surface area contributed by atoms with Gasteiger partial charge < -0.3 is 10.6 Å². The quantitative estimate of drug-likeness (QED) is 0.712. The van der Waals surface area contributed by atoms with Gasteiger partial charge in [0.1, 0.15) is 0 Å². The van der Waals surface area contributed by atoms with E-state index in [2.05, 4.69) is 0 Å². The Hall–Kier alpha value is 0.230. The molecule has 1 aliphatic heterocycles. The molecule has 0 aromatic rings. The van der Waals surface area contributed by atoms with E-state index in [-0.39, 0.29) is 40.0 Å². The molecule has 0 aliphatic carbocycles. The fourth-order valence-corrected chi connectivity index (χ4v) is 0.938. The minimum Gasteiger partial charge on any atom is -0.351 e. The third kappa shape index (κ3) is 3.41. The van der Waals surface area contributed by atoms with Crippen LogP contribution in [-0.4, -0.2) is 24.0 Å². The molecule has 2 N–H and O–H groups in total. The third-order valence-electron chi connectivity index (χ3n) is 1.42. The highest BCUT2D eigenvalue weighted by Gasteiger charge is 2.13. The minimum absolute atomic E-state index is 0. The van der Waals surface area contributed by atoms with Crippen LogP contribution in [0.15, 0.2) is 0 Å². The highest BCUT2D eigenvalue weighted by atomic mass is 79.9. The summed E-state index contributed by atoms with van der Waals surface area (Å²) in [6, 6.07) is -0.275. The molecule has 3 nitrogen and oxygen atoms in total. The van der Waals surface area contributed by atoms with Gasteiger partial charge >= 0.3 is 6.03 Å². The Kier molecular flexibility index (Phi) is 7.69. The molecule has 1 heterocycles. The number of amides is 2. The summed E-state index contributed by atoms with van der Waals surface area (Å²) < 4.78 is 0. The summed E-state index contributed by atoms with van der Waals surface area (Å²) in [4.78, 5) is 12.0. The summed E-state index contributed by atoms with van der Waals surface area (Å²) in [6.07, 6.45) is 2.23. The van der Waals surface area contributed by atoms with Crippen LogP contribution < -0.4 is 5.73 Å². The molecule has 0 bridgehead atoms. The average molecular weight is 276 g/mol. The highest BCUT2D eigenvalue weighted by molar-refractivity contribution is 8.93. The molecule has 1 aliphatic rings. The number of carbonyl (C=O) groups excluding carboxylic acids is 1. The lowest BCUT2D eigenvalue weighted by Crippen LogP contribution is -2.32. The van der Waals surface area contributed by atoms with Crippen LogP contribution in [0.2, 0.25) is 0 Å². The van der Waals surface area contributed by atoms with Crippen LogP contribution >= 0.6 is 34.0 Å². The Labute approximate surface area is 81.5 Å². The zero-order valence-electron chi connectivity index (χ0n) is 5.58. The van der Waals surface area contributed by atoms with E-state index in [1.165, 1.54) is 0 Å². The Morgan fingerprint density at radius 2 is 1.60 bits per heavy atom. The molecule has 0 atom stereocenters. The molecule has 0 radical (unpaired) electrons. The Bertz CT molecular complexity index is 104. The molecule has 0 aromatic carbocycles. The number of nitrogens with zero attached hydrogens (tertiary/aromatic N) is 1. The maximum Gasteiger partial charge on any atom is 0.314 e. The van der Waals surface area contributed by atoms with Crippen molar-refractivity contribution in [3.63, 3.8) is 0 Å². The predicted molar refractivity (Wildman–Crippen MR) is 51.0 cm³/mol. The summed E-state index contributed by atoms with van der Waals surface area (Å²) in [7, 11) is 0. The summed E-state index contributed by atoms with van der Waals surface area (Å²) in [5.41, 5.74) is 4.98. The molecule has 1 fully saturated rings. The highest BCUT2D eigenvalue weighted by Crippen LogP contribution is 2.05. The van der Waals surface area contributed by atoms with Crippen LogP contribution in [-0.2, 0) is 0 Å². The second kappa shape index (κ2) is 5.97. The molecule has 5 heteroatoms. The maximum atomic E-state index is 10.3. The fraction of sp³-hybridized carbons (Fsp3) is 0.800. The SMILES string of the molecule is Br.Br.NC(=O)N1CCCC1. The molecule has 1 rings (SSSR count). The smallest absolute Gasteiger partial charge is 0.314 e. The zero-order chi connectivity index (χ0) is 5.98. The first-order valence-electron chi connectivity index (χ1n) is 2.85. The standard InChI is InChI=1S/C5H10N2O.2BrH/c6-5(8)7-3-1-2-4-7;;/h1-4H2,(H2,6,8);2*1H. The number of likely N-dealkylation sites (tertiary alicyclic amines) is 1. The normalized spacial score (nSPS) is 15.4. The van der Waals surface area contributed by atoms with Crippen LogP contribution in [0, 0.1) is 0 Å². The predicted octanol–water partition coefficient (Wildman–Crippen LogP) is 1.32. The number of carbonyl (C=O) groups is 1. The molecule has 0 aromatic heterocycles. The monoisotopic (exact) mass is 274 g/mol. The van der Waals surface area contributed by atoms with Crippen molar-refractivity contribution in [1.82, 2.24) is 4.90 Å². The van der Waals surface area contributed by atoms with Crippen LogP contribution in [0.3, 0.4) is 0 Å². The van der Waals surface area contributed by atoms with Crippen molar-refractivity contribution in [1.29, 1.82) is 0 Å². The number of urea groups is 1. The molecule has 0 unspecified atom stereocenters. The first-order valence-corrected chi connectivity index (χ1v) is 2.85. The second-order valence-electron chi connectivity index (χ2n) is 2.03. The van der Waals surface area contributed by atoms with Crippen LogP contribution in [0.25, 0.3) is 0 Å². The van der Waals surface area contributed by atoms with E-state index in [4.69, 9.17) is 5.73 Å². The molecule has 10 heavy (non-hydrogen) atoms. The summed E-state index contributed by atoms with van der Waals surface area (Å²) in [6.45, 7) is 1.71. The van der Waals surface area contributed by atoms with Crippen molar-refractivity contribution in [3.05, 3.63) is 0 Å². The Morgan fingerprint density at radius 3 is 1.80 bits per heavy atom.